The molecule has 4 radical (unpaired) electrons. The van der Waals surface area contributed by atoms with Crippen LogP contribution in [0, 0.1) is 0 Å². The third-order valence-electron chi connectivity index (χ3n) is 8.23. The van der Waals surface area contributed by atoms with Crippen LogP contribution in [-0.2, 0) is 29.2 Å². The Morgan fingerprint density at radius 2 is 1.65 bits per heavy atom. The number of rotatable bonds is 9. The SMILES string of the molecule is [B]C1(O)N(Cc2ccc(COc3cccc(C=O)c3CN(C)C3(O)C(=O)NC(=C)C(O)(O)C3([B])O)c(P)c2)C(O)(O)C(O)(O)OC1(O)O. The van der Waals surface area contributed by atoms with Crippen LogP contribution in [0.5, 0.6) is 5.75 Å². The van der Waals surface area contributed by atoms with E-state index in [4.69, 9.17) is 20.4 Å². The second kappa shape index (κ2) is 12.2. The number of amides is 1. The third-order valence-corrected chi connectivity index (χ3v) is 8.77. The number of carbonyl (C=O) groups excluding carboxylic acids is 2. The number of nitrogens with zero attached hydrogens (tertiary/aromatic N) is 2. The Balaban J connectivity index is 1.59. The van der Waals surface area contributed by atoms with E-state index in [-0.39, 0.29) is 33.9 Å². The molecule has 1 amide bonds. The van der Waals surface area contributed by atoms with E-state index >= 15 is 0 Å². The number of aldehydes is 1. The molecule has 256 valence electrons. The van der Waals surface area contributed by atoms with Crippen LogP contribution in [0.15, 0.2) is 48.7 Å². The third kappa shape index (κ3) is 5.77. The molecule has 0 aromatic heterocycles. The number of ether oxygens (including phenoxy) is 2. The number of hydrogen-bond acceptors (Lipinski definition) is 17. The van der Waals surface area contributed by atoms with Crippen LogP contribution in [0.25, 0.3) is 0 Å². The number of benzene rings is 2. The summed E-state index contributed by atoms with van der Waals surface area (Å²) in [5.74, 6) is -16.5. The lowest BCUT2D eigenvalue weighted by molar-refractivity contribution is -0.621. The molecule has 2 fully saturated rings. The van der Waals surface area contributed by atoms with Gasteiger partial charge in [-0.1, -0.05) is 36.9 Å². The van der Waals surface area contributed by atoms with Crippen LogP contribution in [0.4, 0.5) is 0 Å². The smallest absolute Gasteiger partial charge is 0.356 e. The van der Waals surface area contributed by atoms with Crippen molar-refractivity contribution in [1.29, 1.82) is 0 Å². The topological polar surface area (TPSA) is 294 Å². The summed E-state index contributed by atoms with van der Waals surface area (Å²) in [6, 6.07) is 8.47. The second-order valence-electron chi connectivity index (χ2n) is 11.4. The zero-order chi connectivity index (χ0) is 36.5. The predicted molar refractivity (Wildman–Crippen MR) is 162 cm³/mol. The number of aliphatic hydroxyl groups is 11. The summed E-state index contributed by atoms with van der Waals surface area (Å²) in [7, 11) is 14.6. The summed E-state index contributed by atoms with van der Waals surface area (Å²) < 4.78 is 9.91. The minimum Gasteiger partial charge on any atom is -0.489 e. The van der Waals surface area contributed by atoms with E-state index in [9.17, 15) is 65.8 Å². The fourth-order valence-corrected chi connectivity index (χ4v) is 5.54. The minimum absolute atomic E-state index is 0.0220. The molecule has 12 N–H and O–H groups in total. The summed E-state index contributed by atoms with van der Waals surface area (Å²) in [6.45, 7) is 1.66. The Morgan fingerprint density at radius 3 is 2.23 bits per heavy atom. The molecule has 4 atom stereocenters. The molecule has 0 spiro atoms. The average molecular weight is 691 g/mol. The van der Waals surface area contributed by atoms with Gasteiger partial charge in [0.15, 0.2) is 11.9 Å². The van der Waals surface area contributed by atoms with Crippen molar-refractivity contribution in [3.8, 4) is 5.75 Å². The molecule has 4 rings (SSSR count). The molecule has 48 heavy (non-hydrogen) atoms. The van der Waals surface area contributed by atoms with Crippen molar-refractivity contribution < 1.29 is 75.2 Å². The number of hydrogen-bond donors (Lipinski definition) is 12. The summed E-state index contributed by atoms with van der Waals surface area (Å²) in [5.41, 5.74) is -10.2. The summed E-state index contributed by atoms with van der Waals surface area (Å²) in [5, 5.41) is 116. The van der Waals surface area contributed by atoms with Gasteiger partial charge in [-0.05, 0) is 29.5 Å². The number of morpholine rings is 1. The fourth-order valence-electron chi connectivity index (χ4n) is 5.15. The maximum atomic E-state index is 12.8. The van der Waals surface area contributed by atoms with Gasteiger partial charge < -0.3 is 66.2 Å². The van der Waals surface area contributed by atoms with Crippen LogP contribution in [0.2, 0.25) is 0 Å². The molecule has 2 aromatic carbocycles. The fraction of sp³-hybridized carbons (Fsp3) is 0.407. The molecule has 2 aliphatic rings. The first-order chi connectivity index (χ1) is 21.8. The van der Waals surface area contributed by atoms with Crippen LogP contribution in [-0.4, -0.2) is 141 Å². The van der Waals surface area contributed by atoms with Gasteiger partial charge >= 0.3 is 17.9 Å². The Kier molecular flexibility index (Phi) is 9.61. The van der Waals surface area contributed by atoms with Gasteiger partial charge in [0.05, 0.1) is 5.70 Å². The Hall–Kier alpha value is -2.88. The summed E-state index contributed by atoms with van der Waals surface area (Å²) >= 11 is 0. The van der Waals surface area contributed by atoms with Gasteiger partial charge in [0, 0.05) is 24.2 Å². The lowest BCUT2D eigenvalue weighted by Gasteiger charge is -2.57. The van der Waals surface area contributed by atoms with E-state index in [2.05, 4.69) is 20.6 Å². The van der Waals surface area contributed by atoms with E-state index in [1.807, 2.05) is 5.32 Å². The van der Waals surface area contributed by atoms with Gasteiger partial charge in [-0.3, -0.25) is 19.2 Å². The molecular formula is C27H32B2N3O15P. The largest absolute Gasteiger partial charge is 0.489 e. The van der Waals surface area contributed by atoms with Crippen molar-refractivity contribution in [2.24, 2.45) is 0 Å². The van der Waals surface area contributed by atoms with Crippen LogP contribution >= 0.6 is 9.24 Å². The number of carbonyl (C=O) groups is 2. The standard InChI is InChI=1S/C27H32B2N3O15P/c1-13-22(36,37)23(28,38)21(35,20(34)30-13)31(2)10-17-15(11-33)4-3-5-18(17)46-12-16-7-6-14(8-19(16)48)9-32-24(29,39)26(42,43)47-27(44,45)25(32,40)41/h3-8,11,35-45H,1,9-10,12,48H2,2H3,(H,30,34). The van der Waals surface area contributed by atoms with Crippen LogP contribution in [0.3, 0.4) is 0 Å². The number of nitrogens with one attached hydrogen (secondary N) is 1. The maximum absolute atomic E-state index is 12.8. The molecule has 2 aromatic rings. The highest BCUT2D eigenvalue weighted by atomic mass is 31.0. The first-order valence-electron chi connectivity index (χ1n) is 13.6. The predicted octanol–water partition coefficient (Wildman–Crippen LogP) is -6.56. The van der Waals surface area contributed by atoms with E-state index in [1.54, 1.807) is 0 Å². The van der Waals surface area contributed by atoms with Gasteiger partial charge in [-0.15, -0.1) is 9.24 Å². The zero-order valence-corrected chi connectivity index (χ0v) is 26.2. The van der Waals surface area contributed by atoms with Gasteiger partial charge in [0.1, 0.15) is 33.5 Å². The molecule has 2 heterocycles. The first-order valence-corrected chi connectivity index (χ1v) is 14.2. The molecular weight excluding hydrogens is 659 g/mol. The summed E-state index contributed by atoms with van der Waals surface area (Å²) in [4.78, 5) is 25.4. The lowest BCUT2D eigenvalue weighted by Crippen LogP contribution is -2.84. The monoisotopic (exact) mass is 691 g/mol. The molecule has 2 saturated heterocycles. The molecule has 4 unspecified atom stereocenters. The van der Waals surface area contributed by atoms with Gasteiger partial charge in [0.2, 0.25) is 11.5 Å². The van der Waals surface area contributed by atoms with E-state index in [0.29, 0.717) is 17.2 Å². The van der Waals surface area contributed by atoms with E-state index in [1.165, 1.54) is 36.4 Å². The zero-order valence-electron chi connectivity index (χ0n) is 25.0. The Bertz CT molecular complexity index is 1610. The molecule has 2 aliphatic heterocycles. The van der Waals surface area contributed by atoms with Crippen molar-refractivity contribution in [3.05, 3.63) is 70.9 Å². The molecule has 0 bridgehead atoms. The normalized spacial score (nSPS) is 29.4. The molecule has 21 heteroatoms. The van der Waals surface area contributed by atoms with Crippen molar-refractivity contribution in [3.63, 3.8) is 0 Å². The van der Waals surface area contributed by atoms with Crippen LogP contribution in [0.1, 0.15) is 27.0 Å². The minimum atomic E-state index is -4.03. The highest BCUT2D eigenvalue weighted by Crippen LogP contribution is 2.42. The number of likely N-dealkylation sites (N-methyl/N-ethyl adjacent to an activating group) is 1. The first kappa shape index (κ1) is 37.9. The quantitative estimate of drug-likeness (QED) is 0.0504. The van der Waals surface area contributed by atoms with Crippen molar-refractivity contribution >= 4 is 42.4 Å². The molecule has 0 saturated carbocycles. The second-order valence-corrected chi connectivity index (χ2v) is 12.1. The van der Waals surface area contributed by atoms with Crippen molar-refractivity contribution in [2.75, 3.05) is 7.05 Å². The Morgan fingerprint density at radius 1 is 1.02 bits per heavy atom. The van der Waals surface area contributed by atoms with Crippen LogP contribution < -0.4 is 15.4 Å². The molecule has 18 nitrogen and oxygen atoms in total. The molecule has 0 aliphatic carbocycles. The summed E-state index contributed by atoms with van der Waals surface area (Å²) in [6.07, 6.45) is 0.448. The van der Waals surface area contributed by atoms with E-state index in [0.717, 1.165) is 11.9 Å². The lowest BCUT2D eigenvalue weighted by atomic mass is 9.63. The number of piperidine rings is 1. The van der Waals surface area contributed by atoms with Gasteiger partial charge in [-0.25, -0.2) is 4.90 Å². The van der Waals surface area contributed by atoms with Crippen molar-refractivity contribution in [2.45, 2.75) is 60.2 Å². The van der Waals surface area contributed by atoms with E-state index < -0.39 is 65.2 Å². The van der Waals surface area contributed by atoms with Gasteiger partial charge in [0.25, 0.3) is 5.91 Å². The highest BCUT2D eigenvalue weighted by Gasteiger charge is 2.72. The van der Waals surface area contributed by atoms with Crippen molar-refractivity contribution in [1.82, 2.24) is 15.1 Å². The van der Waals surface area contributed by atoms with Gasteiger partial charge in [-0.2, -0.15) is 0 Å². The maximum Gasteiger partial charge on any atom is 0.356 e. The highest BCUT2D eigenvalue weighted by molar-refractivity contribution is 7.27. The average Bonchev–Trinajstić information content (AvgIpc) is 2.96. The Labute approximate surface area is 276 Å².